The summed E-state index contributed by atoms with van der Waals surface area (Å²) in [4.78, 5) is 2.30. The average Bonchev–Trinajstić information content (AvgIpc) is 3.00. The summed E-state index contributed by atoms with van der Waals surface area (Å²) in [5.41, 5.74) is 7.18. The Morgan fingerprint density at radius 3 is 2.71 bits per heavy atom. The van der Waals surface area contributed by atoms with Gasteiger partial charge < -0.3 is 14.9 Å². The lowest BCUT2D eigenvalue weighted by Gasteiger charge is -2.29. The SMILES string of the molecule is CCN(Cc1ccco1)C(CN)c1ccc(OC)c(Br)c1. The normalized spacial score (nSPS) is 12.6. The Morgan fingerprint density at radius 2 is 2.19 bits per heavy atom. The van der Waals surface area contributed by atoms with E-state index in [-0.39, 0.29) is 6.04 Å². The molecule has 1 aromatic heterocycles. The molecule has 2 rings (SSSR count). The summed E-state index contributed by atoms with van der Waals surface area (Å²) in [5, 5.41) is 0. The van der Waals surface area contributed by atoms with Crippen molar-refractivity contribution in [2.75, 3.05) is 20.2 Å². The minimum absolute atomic E-state index is 0.141. The highest BCUT2D eigenvalue weighted by Crippen LogP contribution is 2.30. The summed E-state index contributed by atoms with van der Waals surface area (Å²) in [7, 11) is 1.66. The molecule has 4 nitrogen and oxygen atoms in total. The summed E-state index contributed by atoms with van der Waals surface area (Å²) in [6.45, 7) is 4.32. The van der Waals surface area contributed by atoms with Gasteiger partial charge in [-0.05, 0) is 52.3 Å². The molecule has 0 amide bonds. The molecule has 0 bridgehead atoms. The van der Waals surface area contributed by atoms with Crippen molar-refractivity contribution < 1.29 is 9.15 Å². The van der Waals surface area contributed by atoms with E-state index >= 15 is 0 Å². The van der Waals surface area contributed by atoms with Crippen LogP contribution in [-0.4, -0.2) is 25.1 Å². The third kappa shape index (κ3) is 3.87. The lowest BCUT2D eigenvalue weighted by atomic mass is 10.0. The Hall–Kier alpha value is -1.30. The third-order valence-corrected chi connectivity index (χ3v) is 4.19. The van der Waals surface area contributed by atoms with Crippen LogP contribution in [0.3, 0.4) is 0 Å². The molecule has 114 valence electrons. The number of furan rings is 1. The van der Waals surface area contributed by atoms with Crippen LogP contribution >= 0.6 is 15.9 Å². The largest absolute Gasteiger partial charge is 0.496 e. The molecule has 0 fully saturated rings. The highest BCUT2D eigenvalue weighted by Gasteiger charge is 2.19. The third-order valence-electron chi connectivity index (χ3n) is 3.57. The van der Waals surface area contributed by atoms with Crippen LogP contribution in [0.25, 0.3) is 0 Å². The van der Waals surface area contributed by atoms with Gasteiger partial charge in [0.05, 0.1) is 24.4 Å². The van der Waals surface area contributed by atoms with Crippen LogP contribution < -0.4 is 10.5 Å². The lowest BCUT2D eigenvalue weighted by molar-refractivity contribution is 0.188. The van der Waals surface area contributed by atoms with Crippen molar-refractivity contribution in [3.8, 4) is 5.75 Å². The summed E-state index contributed by atoms with van der Waals surface area (Å²) in [6.07, 6.45) is 1.70. The van der Waals surface area contributed by atoms with E-state index in [9.17, 15) is 0 Å². The summed E-state index contributed by atoms with van der Waals surface area (Å²) in [5.74, 6) is 1.77. The van der Waals surface area contributed by atoms with Crippen LogP contribution in [0.5, 0.6) is 5.75 Å². The van der Waals surface area contributed by atoms with Crippen molar-refractivity contribution in [2.45, 2.75) is 19.5 Å². The number of methoxy groups -OCH3 is 1. The van der Waals surface area contributed by atoms with Crippen LogP contribution in [0, 0.1) is 0 Å². The van der Waals surface area contributed by atoms with Crippen LogP contribution in [0.4, 0.5) is 0 Å². The van der Waals surface area contributed by atoms with E-state index in [0.717, 1.165) is 29.1 Å². The van der Waals surface area contributed by atoms with Crippen molar-refractivity contribution in [1.29, 1.82) is 0 Å². The minimum atomic E-state index is 0.141. The van der Waals surface area contributed by atoms with Crippen LogP contribution in [0.15, 0.2) is 45.5 Å². The molecule has 0 aliphatic rings. The van der Waals surface area contributed by atoms with Gasteiger partial charge in [0.2, 0.25) is 0 Å². The first-order valence-electron chi connectivity index (χ1n) is 6.99. The van der Waals surface area contributed by atoms with Crippen molar-refractivity contribution in [1.82, 2.24) is 4.90 Å². The van der Waals surface area contributed by atoms with Gasteiger partial charge in [0.15, 0.2) is 0 Å². The molecule has 0 aliphatic carbocycles. The summed E-state index contributed by atoms with van der Waals surface area (Å²) < 4.78 is 11.7. The van der Waals surface area contributed by atoms with E-state index in [0.29, 0.717) is 6.54 Å². The molecule has 0 saturated heterocycles. The molecular formula is C16H21BrN2O2. The fourth-order valence-corrected chi connectivity index (χ4v) is 2.99. The fourth-order valence-electron chi connectivity index (χ4n) is 2.43. The molecule has 2 aromatic rings. The molecule has 1 heterocycles. The van der Waals surface area contributed by atoms with Gasteiger partial charge in [0, 0.05) is 12.6 Å². The van der Waals surface area contributed by atoms with Gasteiger partial charge in [0.25, 0.3) is 0 Å². The molecule has 1 unspecified atom stereocenters. The summed E-state index contributed by atoms with van der Waals surface area (Å²) in [6, 6.07) is 10.1. The maximum atomic E-state index is 6.01. The van der Waals surface area contributed by atoms with Crippen molar-refractivity contribution in [2.24, 2.45) is 5.73 Å². The fraction of sp³-hybridized carbons (Fsp3) is 0.375. The van der Waals surface area contributed by atoms with Gasteiger partial charge >= 0.3 is 0 Å². The van der Waals surface area contributed by atoms with Crippen molar-refractivity contribution in [3.05, 3.63) is 52.4 Å². The number of benzene rings is 1. The number of likely N-dealkylation sites (N-methyl/N-ethyl adjacent to an activating group) is 1. The van der Waals surface area contributed by atoms with Crippen LogP contribution in [0.2, 0.25) is 0 Å². The number of hydrogen-bond donors (Lipinski definition) is 1. The van der Waals surface area contributed by atoms with E-state index in [1.807, 2.05) is 18.2 Å². The predicted molar refractivity (Wildman–Crippen MR) is 87.3 cm³/mol. The highest BCUT2D eigenvalue weighted by molar-refractivity contribution is 9.10. The molecule has 0 aliphatic heterocycles. The zero-order chi connectivity index (χ0) is 15.2. The molecule has 1 aromatic carbocycles. The second kappa shape index (κ2) is 7.64. The molecule has 5 heteroatoms. The van der Waals surface area contributed by atoms with E-state index in [1.165, 1.54) is 5.56 Å². The Labute approximate surface area is 134 Å². The number of nitrogens with zero attached hydrogens (tertiary/aromatic N) is 1. The van der Waals surface area contributed by atoms with Gasteiger partial charge in [-0.1, -0.05) is 13.0 Å². The van der Waals surface area contributed by atoms with Gasteiger partial charge in [-0.15, -0.1) is 0 Å². The van der Waals surface area contributed by atoms with Crippen LogP contribution in [-0.2, 0) is 6.54 Å². The maximum absolute atomic E-state index is 6.01. The first kappa shape index (κ1) is 16.1. The Bertz CT molecular complexity index is 557. The van der Waals surface area contributed by atoms with Crippen molar-refractivity contribution in [3.63, 3.8) is 0 Å². The number of ether oxygens (including phenoxy) is 1. The molecule has 0 radical (unpaired) electrons. The Balaban J connectivity index is 2.22. The molecule has 1 atom stereocenters. The second-order valence-corrected chi connectivity index (χ2v) is 5.64. The topological polar surface area (TPSA) is 51.6 Å². The molecule has 2 N–H and O–H groups in total. The highest BCUT2D eigenvalue weighted by atomic mass is 79.9. The number of rotatable bonds is 7. The second-order valence-electron chi connectivity index (χ2n) is 4.79. The summed E-state index contributed by atoms with van der Waals surface area (Å²) >= 11 is 3.53. The smallest absolute Gasteiger partial charge is 0.133 e. The standard InChI is InChI=1S/C16H21BrN2O2/c1-3-19(11-13-5-4-8-21-13)15(10-18)12-6-7-16(20-2)14(17)9-12/h4-9,15H,3,10-11,18H2,1-2H3. The van der Waals surface area contributed by atoms with Gasteiger partial charge in [-0.25, -0.2) is 0 Å². The first-order valence-corrected chi connectivity index (χ1v) is 7.78. The van der Waals surface area contributed by atoms with Crippen LogP contribution in [0.1, 0.15) is 24.3 Å². The Morgan fingerprint density at radius 1 is 1.38 bits per heavy atom. The van der Waals surface area contributed by atoms with Gasteiger partial charge in [-0.2, -0.15) is 0 Å². The van der Waals surface area contributed by atoms with Crippen molar-refractivity contribution >= 4 is 15.9 Å². The quantitative estimate of drug-likeness (QED) is 0.827. The molecular weight excluding hydrogens is 332 g/mol. The zero-order valence-corrected chi connectivity index (χ0v) is 14.0. The number of hydrogen-bond acceptors (Lipinski definition) is 4. The zero-order valence-electron chi connectivity index (χ0n) is 12.4. The molecule has 0 spiro atoms. The van der Waals surface area contributed by atoms with Gasteiger partial charge in [-0.3, -0.25) is 4.90 Å². The van der Waals surface area contributed by atoms with E-state index < -0.39 is 0 Å². The molecule has 0 saturated carbocycles. The van der Waals surface area contributed by atoms with Gasteiger partial charge in [0.1, 0.15) is 11.5 Å². The molecule has 21 heavy (non-hydrogen) atoms. The van der Waals surface area contributed by atoms with E-state index in [4.69, 9.17) is 14.9 Å². The minimum Gasteiger partial charge on any atom is -0.496 e. The predicted octanol–water partition coefficient (Wildman–Crippen LogP) is 3.57. The first-order chi connectivity index (χ1) is 10.2. The maximum Gasteiger partial charge on any atom is 0.133 e. The van der Waals surface area contributed by atoms with E-state index in [2.05, 4.69) is 39.9 Å². The average molecular weight is 353 g/mol. The monoisotopic (exact) mass is 352 g/mol. The van der Waals surface area contributed by atoms with E-state index in [1.54, 1.807) is 13.4 Å². The number of nitrogens with two attached hydrogens (primary N) is 1. The lowest BCUT2D eigenvalue weighted by Crippen LogP contribution is -2.33. The number of halogens is 1. The Kier molecular flexibility index (Phi) is 5.85.